The molecular formula is C14H15FN2O. The fourth-order valence-corrected chi connectivity index (χ4v) is 1.58. The molecule has 3 nitrogen and oxygen atoms in total. The van der Waals surface area contributed by atoms with Crippen molar-refractivity contribution >= 4 is 5.82 Å². The van der Waals surface area contributed by atoms with E-state index < -0.39 is 0 Å². The van der Waals surface area contributed by atoms with Crippen LogP contribution in [0.3, 0.4) is 0 Å². The van der Waals surface area contributed by atoms with Gasteiger partial charge in [-0.05, 0) is 36.8 Å². The summed E-state index contributed by atoms with van der Waals surface area (Å²) in [6.45, 7) is 3.23. The Morgan fingerprint density at radius 1 is 1.28 bits per heavy atom. The highest BCUT2D eigenvalue weighted by Crippen LogP contribution is 2.14. The van der Waals surface area contributed by atoms with Crippen LogP contribution in [0.4, 0.5) is 10.2 Å². The minimum atomic E-state index is -0.334. The molecule has 1 aromatic heterocycles. The normalized spacial score (nSPS) is 10.1. The molecular weight excluding hydrogens is 231 g/mol. The SMILES string of the molecule is CCOc1cccc(CNc2ccc(F)cn2)c1. The van der Waals surface area contributed by atoms with Crippen molar-refractivity contribution in [1.82, 2.24) is 4.98 Å². The minimum absolute atomic E-state index is 0.334. The molecule has 0 spiro atoms. The molecule has 0 unspecified atom stereocenters. The molecule has 0 atom stereocenters. The van der Waals surface area contributed by atoms with E-state index in [1.54, 1.807) is 6.07 Å². The van der Waals surface area contributed by atoms with Crippen molar-refractivity contribution in [2.24, 2.45) is 0 Å². The second kappa shape index (κ2) is 6.00. The Kier molecular flexibility index (Phi) is 4.12. The number of hydrogen-bond donors (Lipinski definition) is 1. The molecule has 0 bridgehead atoms. The van der Waals surface area contributed by atoms with Gasteiger partial charge < -0.3 is 10.1 Å². The second-order valence-corrected chi connectivity index (χ2v) is 3.80. The largest absolute Gasteiger partial charge is 0.494 e. The van der Waals surface area contributed by atoms with E-state index in [0.717, 1.165) is 11.3 Å². The zero-order chi connectivity index (χ0) is 12.8. The average molecular weight is 246 g/mol. The number of aromatic nitrogens is 1. The molecule has 0 saturated heterocycles. The highest BCUT2D eigenvalue weighted by Gasteiger charge is 1.98. The quantitative estimate of drug-likeness (QED) is 0.879. The van der Waals surface area contributed by atoms with E-state index in [4.69, 9.17) is 4.74 Å². The molecule has 94 valence electrons. The molecule has 0 aliphatic carbocycles. The number of anilines is 1. The Balaban J connectivity index is 1.97. The number of rotatable bonds is 5. The van der Waals surface area contributed by atoms with Gasteiger partial charge >= 0.3 is 0 Å². The van der Waals surface area contributed by atoms with E-state index in [2.05, 4.69) is 10.3 Å². The Bertz CT molecular complexity index is 499. The summed E-state index contributed by atoms with van der Waals surface area (Å²) in [5.41, 5.74) is 1.09. The molecule has 0 aliphatic rings. The van der Waals surface area contributed by atoms with E-state index >= 15 is 0 Å². The third kappa shape index (κ3) is 3.45. The number of hydrogen-bond acceptors (Lipinski definition) is 3. The fraction of sp³-hybridized carbons (Fsp3) is 0.214. The Labute approximate surface area is 106 Å². The van der Waals surface area contributed by atoms with Gasteiger partial charge in [0.05, 0.1) is 12.8 Å². The lowest BCUT2D eigenvalue weighted by Gasteiger charge is -2.08. The van der Waals surface area contributed by atoms with Crippen molar-refractivity contribution in [1.29, 1.82) is 0 Å². The zero-order valence-corrected chi connectivity index (χ0v) is 10.2. The van der Waals surface area contributed by atoms with Crippen molar-refractivity contribution in [3.8, 4) is 5.75 Å². The third-order valence-corrected chi connectivity index (χ3v) is 2.41. The maximum atomic E-state index is 12.7. The van der Waals surface area contributed by atoms with Crippen molar-refractivity contribution in [2.45, 2.75) is 13.5 Å². The standard InChI is InChI=1S/C14H15FN2O/c1-2-18-13-5-3-4-11(8-13)9-16-14-7-6-12(15)10-17-14/h3-8,10H,2,9H2,1H3,(H,16,17). The minimum Gasteiger partial charge on any atom is -0.494 e. The Morgan fingerprint density at radius 2 is 2.17 bits per heavy atom. The summed E-state index contributed by atoms with van der Waals surface area (Å²) in [6.07, 6.45) is 1.19. The van der Waals surface area contributed by atoms with Crippen molar-refractivity contribution in [3.63, 3.8) is 0 Å². The van der Waals surface area contributed by atoms with Gasteiger partial charge in [-0.1, -0.05) is 12.1 Å². The smallest absolute Gasteiger partial charge is 0.141 e. The lowest BCUT2D eigenvalue weighted by atomic mass is 10.2. The van der Waals surface area contributed by atoms with Crippen LogP contribution in [0.15, 0.2) is 42.6 Å². The number of halogens is 1. The van der Waals surface area contributed by atoms with E-state index in [-0.39, 0.29) is 5.82 Å². The Morgan fingerprint density at radius 3 is 2.89 bits per heavy atom. The van der Waals surface area contributed by atoms with Crippen LogP contribution in [-0.2, 0) is 6.54 Å². The number of benzene rings is 1. The number of nitrogens with one attached hydrogen (secondary N) is 1. The van der Waals surface area contributed by atoms with Crippen LogP contribution >= 0.6 is 0 Å². The van der Waals surface area contributed by atoms with E-state index in [0.29, 0.717) is 19.0 Å². The van der Waals surface area contributed by atoms with Gasteiger partial charge in [-0.3, -0.25) is 0 Å². The van der Waals surface area contributed by atoms with Crippen LogP contribution in [0.25, 0.3) is 0 Å². The van der Waals surface area contributed by atoms with Crippen LogP contribution in [0.2, 0.25) is 0 Å². The summed E-state index contributed by atoms with van der Waals surface area (Å²) in [7, 11) is 0. The van der Waals surface area contributed by atoms with E-state index in [1.165, 1.54) is 12.3 Å². The van der Waals surface area contributed by atoms with Gasteiger partial charge in [0, 0.05) is 6.54 Å². The lowest BCUT2D eigenvalue weighted by molar-refractivity contribution is 0.340. The van der Waals surface area contributed by atoms with Crippen LogP contribution in [0, 0.1) is 5.82 Å². The summed E-state index contributed by atoms with van der Waals surface area (Å²) in [5.74, 6) is 1.17. The second-order valence-electron chi connectivity index (χ2n) is 3.80. The number of nitrogens with zero attached hydrogens (tertiary/aromatic N) is 1. The molecule has 0 saturated carbocycles. The Hall–Kier alpha value is -2.10. The summed E-state index contributed by atoms with van der Waals surface area (Å²) in [5, 5.41) is 3.12. The molecule has 1 heterocycles. The van der Waals surface area contributed by atoms with Gasteiger partial charge in [-0.2, -0.15) is 0 Å². The van der Waals surface area contributed by atoms with Gasteiger partial charge in [0.15, 0.2) is 0 Å². The van der Waals surface area contributed by atoms with Crippen molar-refractivity contribution in [3.05, 3.63) is 54.0 Å². The monoisotopic (exact) mass is 246 g/mol. The molecule has 1 N–H and O–H groups in total. The molecule has 18 heavy (non-hydrogen) atoms. The number of ether oxygens (including phenoxy) is 1. The highest BCUT2D eigenvalue weighted by molar-refractivity contribution is 5.36. The first kappa shape index (κ1) is 12.4. The summed E-state index contributed by atoms with van der Waals surface area (Å²) in [6, 6.07) is 10.8. The van der Waals surface area contributed by atoms with Gasteiger partial charge in [0.25, 0.3) is 0 Å². The van der Waals surface area contributed by atoms with E-state index in [9.17, 15) is 4.39 Å². The maximum Gasteiger partial charge on any atom is 0.141 e. The first-order valence-electron chi connectivity index (χ1n) is 5.85. The summed E-state index contributed by atoms with van der Waals surface area (Å²) < 4.78 is 18.1. The molecule has 2 aromatic rings. The molecule has 2 rings (SSSR count). The molecule has 1 aromatic carbocycles. The predicted molar refractivity (Wildman–Crippen MR) is 69.1 cm³/mol. The van der Waals surface area contributed by atoms with Crippen LogP contribution in [0.5, 0.6) is 5.75 Å². The predicted octanol–water partition coefficient (Wildman–Crippen LogP) is 3.23. The van der Waals surface area contributed by atoms with Gasteiger partial charge in [0.2, 0.25) is 0 Å². The number of pyridine rings is 1. The van der Waals surface area contributed by atoms with Crippen molar-refractivity contribution in [2.75, 3.05) is 11.9 Å². The lowest BCUT2D eigenvalue weighted by Crippen LogP contribution is -2.01. The van der Waals surface area contributed by atoms with Gasteiger partial charge in [0.1, 0.15) is 17.4 Å². The van der Waals surface area contributed by atoms with Gasteiger partial charge in [-0.15, -0.1) is 0 Å². The first-order valence-corrected chi connectivity index (χ1v) is 5.85. The van der Waals surface area contributed by atoms with Crippen LogP contribution in [-0.4, -0.2) is 11.6 Å². The topological polar surface area (TPSA) is 34.1 Å². The summed E-state index contributed by atoms with van der Waals surface area (Å²) in [4.78, 5) is 3.93. The molecule has 0 amide bonds. The zero-order valence-electron chi connectivity index (χ0n) is 10.2. The molecule has 0 radical (unpaired) electrons. The van der Waals surface area contributed by atoms with Crippen molar-refractivity contribution < 1.29 is 9.13 Å². The molecule has 4 heteroatoms. The maximum absolute atomic E-state index is 12.7. The highest BCUT2D eigenvalue weighted by atomic mass is 19.1. The molecule has 0 aliphatic heterocycles. The van der Waals surface area contributed by atoms with Gasteiger partial charge in [-0.25, -0.2) is 9.37 Å². The van der Waals surface area contributed by atoms with E-state index in [1.807, 2.05) is 31.2 Å². The summed E-state index contributed by atoms with van der Waals surface area (Å²) >= 11 is 0. The molecule has 0 fully saturated rings. The average Bonchev–Trinajstić information content (AvgIpc) is 2.39. The van der Waals surface area contributed by atoms with Crippen LogP contribution in [0.1, 0.15) is 12.5 Å². The first-order chi connectivity index (χ1) is 8.78. The van der Waals surface area contributed by atoms with Crippen LogP contribution < -0.4 is 10.1 Å². The fourth-order valence-electron chi connectivity index (χ4n) is 1.58. The third-order valence-electron chi connectivity index (χ3n) is 2.41.